The van der Waals surface area contributed by atoms with Crippen molar-refractivity contribution in [2.75, 3.05) is 17.2 Å². The fraction of sp³-hybridized carbons (Fsp3) is 0.450. The highest BCUT2D eigenvalue weighted by Gasteiger charge is 2.23. The molecule has 2 rings (SSSR count). The molecule has 1 amide bonds. The van der Waals surface area contributed by atoms with Gasteiger partial charge in [-0.2, -0.15) is 0 Å². The number of aromatic amines is 1. The van der Waals surface area contributed by atoms with Gasteiger partial charge in [0.15, 0.2) is 5.69 Å². The molecule has 3 N–H and O–H groups in total. The molecule has 7 nitrogen and oxygen atoms in total. The number of benzene rings is 1. The number of amides is 1. The summed E-state index contributed by atoms with van der Waals surface area (Å²) in [5, 5.41) is 0. The Kier molecular flexibility index (Phi) is 6.98. The minimum absolute atomic E-state index is 0.0407. The summed E-state index contributed by atoms with van der Waals surface area (Å²) in [6.45, 7) is 6.65. The van der Waals surface area contributed by atoms with Gasteiger partial charge in [-0.3, -0.25) is 19.1 Å². The summed E-state index contributed by atoms with van der Waals surface area (Å²) in [6, 6.07) is 7.69. The number of hydrogen-bond donors (Lipinski definition) is 2. The van der Waals surface area contributed by atoms with Crippen LogP contribution in [0.3, 0.4) is 0 Å². The third-order valence-electron chi connectivity index (χ3n) is 4.44. The van der Waals surface area contributed by atoms with Crippen LogP contribution in [0.15, 0.2) is 33.9 Å². The van der Waals surface area contributed by atoms with Crippen LogP contribution >= 0.6 is 0 Å². The number of nitrogen functional groups attached to an aromatic ring is 1. The van der Waals surface area contributed by atoms with Crippen LogP contribution < -0.4 is 21.9 Å². The van der Waals surface area contributed by atoms with E-state index in [2.05, 4.69) is 4.98 Å². The van der Waals surface area contributed by atoms with E-state index in [9.17, 15) is 14.4 Å². The molecule has 0 bridgehead atoms. The van der Waals surface area contributed by atoms with Crippen molar-refractivity contribution < 1.29 is 4.79 Å². The van der Waals surface area contributed by atoms with Gasteiger partial charge in [-0.05, 0) is 25.3 Å². The van der Waals surface area contributed by atoms with E-state index in [4.69, 9.17) is 5.73 Å². The number of rotatable bonds is 8. The lowest BCUT2D eigenvalue weighted by Gasteiger charge is -2.24. The Labute approximate surface area is 158 Å². The summed E-state index contributed by atoms with van der Waals surface area (Å²) in [5.41, 5.74) is 7.01. The van der Waals surface area contributed by atoms with E-state index >= 15 is 0 Å². The zero-order valence-electron chi connectivity index (χ0n) is 16.2. The molecular weight excluding hydrogens is 344 g/mol. The Balaban J connectivity index is 2.45. The van der Waals surface area contributed by atoms with Gasteiger partial charge in [0.2, 0.25) is 5.91 Å². The van der Waals surface area contributed by atoms with Gasteiger partial charge < -0.3 is 10.6 Å². The normalized spacial score (nSPS) is 10.8. The van der Waals surface area contributed by atoms with Gasteiger partial charge in [-0.1, -0.05) is 50.1 Å². The first kappa shape index (κ1) is 20.5. The first-order valence-corrected chi connectivity index (χ1v) is 9.37. The van der Waals surface area contributed by atoms with Crippen LogP contribution in [0.25, 0.3) is 0 Å². The zero-order valence-corrected chi connectivity index (χ0v) is 16.2. The number of aryl methyl sites for hydroxylation is 1. The predicted molar refractivity (Wildman–Crippen MR) is 108 cm³/mol. The van der Waals surface area contributed by atoms with Gasteiger partial charge >= 0.3 is 5.69 Å². The molecule has 0 saturated heterocycles. The van der Waals surface area contributed by atoms with Crippen LogP contribution in [0.5, 0.6) is 0 Å². The fourth-order valence-corrected chi connectivity index (χ4v) is 2.94. The zero-order chi connectivity index (χ0) is 20.0. The Hall–Kier alpha value is -2.83. The Morgan fingerprint density at radius 2 is 1.81 bits per heavy atom. The molecule has 0 radical (unpaired) electrons. The molecule has 0 aliphatic heterocycles. The molecule has 0 fully saturated rings. The van der Waals surface area contributed by atoms with E-state index < -0.39 is 11.2 Å². The monoisotopic (exact) mass is 372 g/mol. The predicted octanol–water partition coefficient (Wildman–Crippen LogP) is 2.21. The van der Waals surface area contributed by atoms with Crippen molar-refractivity contribution in [1.82, 2.24) is 9.55 Å². The number of nitrogens with one attached hydrogen (secondary N) is 1. The summed E-state index contributed by atoms with van der Waals surface area (Å²) in [4.78, 5) is 41.2. The van der Waals surface area contributed by atoms with Gasteiger partial charge in [0.25, 0.3) is 5.56 Å². The molecule has 27 heavy (non-hydrogen) atoms. The minimum Gasteiger partial charge on any atom is -0.383 e. The molecule has 0 saturated carbocycles. The summed E-state index contributed by atoms with van der Waals surface area (Å²) in [6.07, 6.45) is 2.43. The van der Waals surface area contributed by atoms with Crippen molar-refractivity contribution in [3.8, 4) is 0 Å². The molecule has 0 spiro atoms. The summed E-state index contributed by atoms with van der Waals surface area (Å²) in [7, 11) is 0. The maximum atomic E-state index is 13.0. The van der Waals surface area contributed by atoms with E-state index in [0.29, 0.717) is 19.5 Å². The van der Waals surface area contributed by atoms with Crippen LogP contribution in [0, 0.1) is 6.92 Å². The van der Waals surface area contributed by atoms with Crippen molar-refractivity contribution in [2.45, 2.75) is 53.0 Å². The van der Waals surface area contributed by atoms with E-state index in [0.717, 1.165) is 24.0 Å². The topological polar surface area (TPSA) is 101 Å². The molecule has 7 heteroatoms. The van der Waals surface area contributed by atoms with Crippen molar-refractivity contribution >= 4 is 17.4 Å². The molecule has 1 aromatic heterocycles. The van der Waals surface area contributed by atoms with E-state index in [1.54, 1.807) is 0 Å². The number of unbranched alkanes of at least 4 members (excludes halogenated alkanes) is 1. The van der Waals surface area contributed by atoms with Crippen LogP contribution in [-0.4, -0.2) is 22.0 Å². The lowest BCUT2D eigenvalue weighted by molar-refractivity contribution is -0.118. The second kappa shape index (κ2) is 9.21. The number of carbonyl (C=O) groups excluding carboxylic acids is 1. The number of nitrogens with two attached hydrogens (primary N) is 1. The maximum absolute atomic E-state index is 13.0. The summed E-state index contributed by atoms with van der Waals surface area (Å²) >= 11 is 0. The SMILES string of the molecule is CCCCN(C(=O)Cc1ccc(C)cc1)c1c(N)n(CCC)c(=O)[nH]c1=O. The molecule has 0 aliphatic carbocycles. The maximum Gasteiger partial charge on any atom is 0.330 e. The van der Waals surface area contributed by atoms with Crippen molar-refractivity contribution in [3.05, 3.63) is 56.2 Å². The largest absolute Gasteiger partial charge is 0.383 e. The van der Waals surface area contributed by atoms with Crippen LogP contribution in [-0.2, 0) is 17.8 Å². The van der Waals surface area contributed by atoms with Gasteiger partial charge in [0.05, 0.1) is 6.42 Å². The number of aromatic nitrogens is 2. The molecule has 0 aliphatic rings. The van der Waals surface area contributed by atoms with Gasteiger partial charge in [0.1, 0.15) is 5.82 Å². The van der Waals surface area contributed by atoms with Gasteiger partial charge in [-0.15, -0.1) is 0 Å². The van der Waals surface area contributed by atoms with Crippen LogP contribution in [0.4, 0.5) is 11.5 Å². The highest BCUT2D eigenvalue weighted by molar-refractivity contribution is 5.96. The van der Waals surface area contributed by atoms with Gasteiger partial charge in [0, 0.05) is 13.1 Å². The Bertz CT molecular complexity index is 897. The quantitative estimate of drug-likeness (QED) is 0.742. The number of nitrogens with zero attached hydrogens (tertiary/aromatic N) is 2. The van der Waals surface area contributed by atoms with Crippen molar-refractivity contribution in [2.24, 2.45) is 0 Å². The van der Waals surface area contributed by atoms with Crippen molar-refractivity contribution in [1.29, 1.82) is 0 Å². The first-order chi connectivity index (χ1) is 12.9. The van der Waals surface area contributed by atoms with E-state index in [1.165, 1.54) is 9.47 Å². The molecule has 2 aromatic rings. The number of hydrogen-bond acceptors (Lipinski definition) is 4. The molecule has 0 atom stereocenters. The van der Waals surface area contributed by atoms with Crippen LogP contribution in [0.1, 0.15) is 44.2 Å². The molecule has 1 aromatic carbocycles. The van der Waals surface area contributed by atoms with E-state index in [-0.39, 0.29) is 23.8 Å². The first-order valence-electron chi connectivity index (χ1n) is 9.37. The fourth-order valence-electron chi connectivity index (χ4n) is 2.94. The molecule has 0 unspecified atom stereocenters. The standard InChI is InChI=1S/C20H28N4O3/c1-4-6-12-23(16(25)13-15-9-7-14(3)8-10-15)17-18(21)24(11-5-2)20(27)22-19(17)26/h7-10H,4-6,11-13,21H2,1-3H3,(H,22,26,27). The summed E-state index contributed by atoms with van der Waals surface area (Å²) < 4.78 is 1.31. The van der Waals surface area contributed by atoms with Gasteiger partial charge in [-0.25, -0.2) is 4.79 Å². The highest BCUT2D eigenvalue weighted by atomic mass is 16.2. The third kappa shape index (κ3) is 4.87. The molecule has 146 valence electrons. The average molecular weight is 372 g/mol. The molecule has 1 heterocycles. The van der Waals surface area contributed by atoms with E-state index in [1.807, 2.05) is 45.0 Å². The summed E-state index contributed by atoms with van der Waals surface area (Å²) in [5.74, 6) is -0.176. The third-order valence-corrected chi connectivity index (χ3v) is 4.44. The smallest absolute Gasteiger partial charge is 0.330 e. The Morgan fingerprint density at radius 1 is 1.15 bits per heavy atom. The van der Waals surface area contributed by atoms with Crippen molar-refractivity contribution in [3.63, 3.8) is 0 Å². The molecular formula is C20H28N4O3. The number of anilines is 2. The van der Waals surface area contributed by atoms with Crippen LogP contribution in [0.2, 0.25) is 0 Å². The Morgan fingerprint density at radius 3 is 2.41 bits per heavy atom. The second-order valence-corrected chi connectivity index (χ2v) is 6.71. The lowest BCUT2D eigenvalue weighted by atomic mass is 10.1. The minimum atomic E-state index is -0.627. The average Bonchev–Trinajstić information content (AvgIpc) is 2.63. The second-order valence-electron chi connectivity index (χ2n) is 6.71. The highest BCUT2D eigenvalue weighted by Crippen LogP contribution is 2.19. The number of H-pyrrole nitrogens is 1. The number of carbonyl (C=O) groups is 1. The lowest BCUT2D eigenvalue weighted by Crippen LogP contribution is -2.42.